The van der Waals surface area contributed by atoms with Gasteiger partial charge in [0, 0.05) is 11.1 Å². The summed E-state index contributed by atoms with van der Waals surface area (Å²) in [5, 5.41) is 9.36. The number of esters is 1. The molecule has 154 valence electrons. The maximum atomic E-state index is 12.7. The summed E-state index contributed by atoms with van der Waals surface area (Å²) >= 11 is 0. The number of nitrogens with one attached hydrogen (secondary N) is 2. The standard InChI is InChI=1S/C24H19N3O4/c1-16(22(28)26-27-23(29)17-9-3-2-4-10-17)31-24(30)21-14-8-7-13-20(21)19-12-6-5-11-18(19)15-25/h2-14,16H,1H3,(H,26,28)(H,27,29)/t16-/m0/s1. The molecule has 2 amide bonds. The summed E-state index contributed by atoms with van der Waals surface area (Å²) in [6, 6.07) is 24.0. The van der Waals surface area contributed by atoms with Gasteiger partial charge in [0.15, 0.2) is 6.10 Å². The monoisotopic (exact) mass is 413 g/mol. The van der Waals surface area contributed by atoms with Gasteiger partial charge in [0.1, 0.15) is 0 Å². The van der Waals surface area contributed by atoms with E-state index >= 15 is 0 Å². The molecule has 0 bridgehead atoms. The molecule has 7 nitrogen and oxygen atoms in total. The molecule has 0 radical (unpaired) electrons. The Morgan fingerprint density at radius 1 is 0.839 bits per heavy atom. The number of hydrogen-bond donors (Lipinski definition) is 2. The lowest BCUT2D eigenvalue weighted by atomic mass is 9.96. The van der Waals surface area contributed by atoms with E-state index in [1.807, 2.05) is 0 Å². The zero-order valence-corrected chi connectivity index (χ0v) is 16.7. The van der Waals surface area contributed by atoms with E-state index in [0.717, 1.165) is 0 Å². The Hall–Kier alpha value is -4.44. The van der Waals surface area contributed by atoms with E-state index in [1.165, 1.54) is 6.92 Å². The summed E-state index contributed by atoms with van der Waals surface area (Å²) in [6.07, 6.45) is -1.16. The Balaban J connectivity index is 1.68. The molecule has 0 aliphatic heterocycles. The number of nitrogens with zero attached hydrogens (tertiary/aromatic N) is 1. The highest BCUT2D eigenvalue weighted by Gasteiger charge is 2.22. The van der Waals surface area contributed by atoms with Gasteiger partial charge in [-0.15, -0.1) is 0 Å². The number of nitriles is 1. The van der Waals surface area contributed by atoms with Crippen molar-refractivity contribution < 1.29 is 19.1 Å². The van der Waals surface area contributed by atoms with Crippen LogP contribution in [0.5, 0.6) is 0 Å². The third kappa shape index (κ3) is 5.14. The fourth-order valence-electron chi connectivity index (χ4n) is 2.87. The quantitative estimate of drug-likeness (QED) is 0.493. The van der Waals surface area contributed by atoms with Crippen molar-refractivity contribution in [3.63, 3.8) is 0 Å². The van der Waals surface area contributed by atoms with Crippen molar-refractivity contribution in [1.82, 2.24) is 10.9 Å². The van der Waals surface area contributed by atoms with Gasteiger partial charge >= 0.3 is 5.97 Å². The number of hydrogen-bond acceptors (Lipinski definition) is 5. The molecule has 0 aromatic heterocycles. The summed E-state index contributed by atoms with van der Waals surface area (Å²) in [7, 11) is 0. The van der Waals surface area contributed by atoms with E-state index in [4.69, 9.17) is 4.74 Å². The molecule has 0 aliphatic carbocycles. The lowest BCUT2D eigenvalue weighted by Crippen LogP contribution is -2.46. The van der Waals surface area contributed by atoms with Gasteiger partial charge in [-0.25, -0.2) is 4.79 Å². The number of hydrazine groups is 1. The summed E-state index contributed by atoms with van der Waals surface area (Å²) in [6.45, 7) is 1.40. The van der Waals surface area contributed by atoms with Crippen molar-refractivity contribution in [1.29, 1.82) is 5.26 Å². The number of ether oxygens (including phenoxy) is 1. The second kappa shape index (κ2) is 9.85. The minimum atomic E-state index is -1.16. The van der Waals surface area contributed by atoms with Crippen molar-refractivity contribution in [2.45, 2.75) is 13.0 Å². The Kier molecular flexibility index (Phi) is 6.76. The van der Waals surface area contributed by atoms with Crippen LogP contribution in [-0.2, 0) is 9.53 Å². The van der Waals surface area contributed by atoms with Crippen LogP contribution in [0.3, 0.4) is 0 Å². The van der Waals surface area contributed by atoms with Crippen LogP contribution in [0.1, 0.15) is 33.2 Å². The predicted octanol–water partition coefficient (Wildman–Crippen LogP) is 3.23. The molecule has 0 spiro atoms. The molecule has 0 saturated heterocycles. The third-order valence-corrected chi connectivity index (χ3v) is 4.47. The lowest BCUT2D eigenvalue weighted by molar-refractivity contribution is -0.129. The van der Waals surface area contributed by atoms with E-state index in [9.17, 15) is 19.6 Å². The van der Waals surface area contributed by atoms with Gasteiger partial charge in [0.25, 0.3) is 11.8 Å². The molecule has 3 aromatic rings. The SMILES string of the molecule is C[C@H](OC(=O)c1ccccc1-c1ccccc1C#N)C(=O)NNC(=O)c1ccccc1. The van der Waals surface area contributed by atoms with Crippen molar-refractivity contribution in [3.8, 4) is 17.2 Å². The highest BCUT2D eigenvalue weighted by molar-refractivity contribution is 6.00. The van der Waals surface area contributed by atoms with E-state index in [2.05, 4.69) is 16.9 Å². The van der Waals surface area contributed by atoms with Crippen LogP contribution in [0.2, 0.25) is 0 Å². The zero-order chi connectivity index (χ0) is 22.2. The average molecular weight is 413 g/mol. The first-order valence-electron chi connectivity index (χ1n) is 9.46. The van der Waals surface area contributed by atoms with E-state index in [0.29, 0.717) is 22.3 Å². The first kappa shape index (κ1) is 21.3. The smallest absolute Gasteiger partial charge is 0.339 e. The second-order valence-corrected chi connectivity index (χ2v) is 6.56. The second-order valence-electron chi connectivity index (χ2n) is 6.56. The van der Waals surface area contributed by atoms with Gasteiger partial charge in [0.2, 0.25) is 0 Å². The zero-order valence-electron chi connectivity index (χ0n) is 16.7. The number of carbonyl (C=O) groups is 3. The molecule has 3 aromatic carbocycles. The summed E-state index contributed by atoms with van der Waals surface area (Å²) < 4.78 is 5.29. The van der Waals surface area contributed by atoms with Gasteiger partial charge in [0.05, 0.1) is 17.2 Å². The average Bonchev–Trinajstić information content (AvgIpc) is 2.82. The highest BCUT2D eigenvalue weighted by Crippen LogP contribution is 2.27. The first-order chi connectivity index (χ1) is 15.0. The topological polar surface area (TPSA) is 108 Å². The van der Waals surface area contributed by atoms with Crippen LogP contribution in [0.4, 0.5) is 0 Å². The summed E-state index contributed by atoms with van der Waals surface area (Å²) in [5.41, 5.74) is 6.64. The fourth-order valence-corrected chi connectivity index (χ4v) is 2.87. The van der Waals surface area contributed by atoms with Crippen LogP contribution in [-0.4, -0.2) is 23.9 Å². The molecular formula is C24H19N3O4. The van der Waals surface area contributed by atoms with Gasteiger partial charge in [-0.3, -0.25) is 20.4 Å². The Morgan fingerprint density at radius 2 is 1.45 bits per heavy atom. The van der Waals surface area contributed by atoms with Gasteiger partial charge in [-0.1, -0.05) is 54.6 Å². The number of amides is 2. The van der Waals surface area contributed by atoms with Crippen molar-refractivity contribution >= 4 is 17.8 Å². The molecule has 1 atom stereocenters. The molecule has 0 aliphatic rings. The van der Waals surface area contributed by atoms with Crippen LogP contribution in [0, 0.1) is 11.3 Å². The predicted molar refractivity (Wildman–Crippen MR) is 114 cm³/mol. The van der Waals surface area contributed by atoms with Crippen molar-refractivity contribution in [2.75, 3.05) is 0 Å². The molecule has 0 heterocycles. The largest absolute Gasteiger partial charge is 0.449 e. The van der Waals surface area contributed by atoms with Crippen LogP contribution in [0.25, 0.3) is 11.1 Å². The molecule has 7 heteroatoms. The highest BCUT2D eigenvalue weighted by atomic mass is 16.5. The minimum absolute atomic E-state index is 0.221. The van der Waals surface area contributed by atoms with Crippen molar-refractivity contribution in [3.05, 3.63) is 95.6 Å². The molecule has 31 heavy (non-hydrogen) atoms. The number of rotatable bonds is 5. The van der Waals surface area contributed by atoms with Gasteiger partial charge in [-0.2, -0.15) is 5.26 Å². The van der Waals surface area contributed by atoms with Crippen molar-refractivity contribution in [2.24, 2.45) is 0 Å². The Bertz CT molecular complexity index is 1150. The third-order valence-electron chi connectivity index (χ3n) is 4.47. The molecule has 0 saturated carbocycles. The minimum Gasteiger partial charge on any atom is -0.449 e. The molecular weight excluding hydrogens is 394 g/mol. The number of carbonyl (C=O) groups excluding carboxylic acids is 3. The van der Waals surface area contributed by atoms with Crippen LogP contribution < -0.4 is 10.9 Å². The fraction of sp³-hybridized carbons (Fsp3) is 0.0833. The summed E-state index contributed by atoms with van der Waals surface area (Å²) in [4.78, 5) is 37.0. The first-order valence-corrected chi connectivity index (χ1v) is 9.46. The Labute approximate surface area is 179 Å². The molecule has 0 fully saturated rings. The molecule has 0 unspecified atom stereocenters. The Morgan fingerprint density at radius 3 is 2.16 bits per heavy atom. The molecule has 3 rings (SSSR count). The maximum Gasteiger partial charge on any atom is 0.339 e. The van der Waals surface area contributed by atoms with Gasteiger partial charge in [-0.05, 0) is 36.8 Å². The van der Waals surface area contributed by atoms with E-state index in [-0.39, 0.29) is 5.56 Å². The van der Waals surface area contributed by atoms with Crippen LogP contribution in [0.15, 0.2) is 78.9 Å². The maximum absolute atomic E-state index is 12.7. The van der Waals surface area contributed by atoms with E-state index in [1.54, 1.807) is 78.9 Å². The van der Waals surface area contributed by atoms with Crippen LogP contribution >= 0.6 is 0 Å². The lowest BCUT2D eigenvalue weighted by Gasteiger charge is -2.16. The molecule has 2 N–H and O–H groups in total. The number of benzene rings is 3. The summed E-state index contributed by atoms with van der Waals surface area (Å²) in [5.74, 6) is -1.90. The van der Waals surface area contributed by atoms with Gasteiger partial charge < -0.3 is 4.74 Å². The normalized spacial score (nSPS) is 11.0. The van der Waals surface area contributed by atoms with E-state index < -0.39 is 23.9 Å².